The molecule has 2 aromatic rings. The van der Waals surface area contributed by atoms with Gasteiger partial charge in [-0.15, -0.1) is 9.42 Å². The number of benzene rings is 2. The number of nitrogens with one attached hydrogen (secondary N) is 1. The van der Waals surface area contributed by atoms with Gasteiger partial charge in [0.25, 0.3) is 0 Å². The van der Waals surface area contributed by atoms with Crippen molar-refractivity contribution in [2.75, 3.05) is 13.2 Å². The van der Waals surface area contributed by atoms with Gasteiger partial charge >= 0.3 is 20.4 Å². The summed E-state index contributed by atoms with van der Waals surface area (Å²) < 4.78 is 97.5. The van der Waals surface area contributed by atoms with Crippen molar-refractivity contribution in [1.82, 2.24) is 5.32 Å². The Labute approximate surface area is 232 Å². The molecule has 4 nitrogen and oxygen atoms in total. The predicted molar refractivity (Wildman–Crippen MR) is 142 cm³/mol. The van der Waals surface area contributed by atoms with Gasteiger partial charge in [-0.05, 0) is 85.4 Å². The van der Waals surface area contributed by atoms with Crippen LogP contribution in [0.4, 0.5) is 26.3 Å². The molecule has 3 rings (SSSR count). The summed E-state index contributed by atoms with van der Waals surface area (Å²) in [6.45, 7) is 0.410. The maximum atomic E-state index is 14.5. The van der Waals surface area contributed by atoms with Crippen LogP contribution in [0.5, 0.6) is 0 Å². The highest BCUT2D eigenvalue weighted by Crippen LogP contribution is 2.46. The standard InChI is InChI=1S/C29H36F6NO3P/c30-25-13-11-24(12-14-25)27(16-5-2-6-17-27)15-4-1-3-8-23-10-9-22(21-36-18-7-19-39-40(37)38)20-26(23)28(31,32)29(33,34)35/h9-14,20,36H,1-8,15-19,21H2/p+1. The van der Waals surface area contributed by atoms with Crippen LogP contribution in [0, 0.1) is 5.82 Å². The van der Waals surface area contributed by atoms with Crippen molar-refractivity contribution in [3.05, 3.63) is 70.5 Å². The Kier molecular flexibility index (Phi) is 12.0. The van der Waals surface area contributed by atoms with Crippen molar-refractivity contribution >= 4 is 8.25 Å². The second-order valence-electron chi connectivity index (χ2n) is 10.6. The quantitative estimate of drug-likeness (QED) is 0.124. The van der Waals surface area contributed by atoms with Crippen LogP contribution in [0.3, 0.4) is 0 Å². The maximum absolute atomic E-state index is 14.5. The van der Waals surface area contributed by atoms with Crippen molar-refractivity contribution in [2.24, 2.45) is 0 Å². The first-order valence-corrected chi connectivity index (χ1v) is 14.9. The third-order valence-electron chi connectivity index (χ3n) is 7.77. The molecule has 0 heterocycles. The zero-order chi connectivity index (χ0) is 29.2. The molecule has 1 fully saturated rings. The Bertz CT molecular complexity index is 1090. The van der Waals surface area contributed by atoms with Crippen LogP contribution >= 0.6 is 8.25 Å². The van der Waals surface area contributed by atoms with Crippen LogP contribution < -0.4 is 5.32 Å². The fraction of sp³-hybridized carbons (Fsp3) is 0.586. The minimum Gasteiger partial charge on any atom is -0.313 e. The highest BCUT2D eigenvalue weighted by Gasteiger charge is 2.59. The molecule has 0 radical (unpaired) electrons. The van der Waals surface area contributed by atoms with Crippen LogP contribution in [0.15, 0.2) is 42.5 Å². The van der Waals surface area contributed by atoms with Gasteiger partial charge in [-0.2, -0.15) is 22.0 Å². The minimum absolute atomic E-state index is 0.0139. The van der Waals surface area contributed by atoms with Gasteiger partial charge in [0, 0.05) is 16.7 Å². The third-order valence-corrected chi connectivity index (χ3v) is 8.17. The fourth-order valence-corrected chi connectivity index (χ4v) is 5.93. The summed E-state index contributed by atoms with van der Waals surface area (Å²) in [5.74, 6) is -5.26. The van der Waals surface area contributed by atoms with E-state index in [1.807, 2.05) is 12.1 Å². The molecule has 2 N–H and O–H groups in total. The second kappa shape index (κ2) is 14.8. The number of aryl methyl sites for hydroxylation is 1. The first-order valence-electron chi connectivity index (χ1n) is 13.8. The van der Waals surface area contributed by atoms with Gasteiger partial charge in [-0.3, -0.25) is 0 Å². The van der Waals surface area contributed by atoms with Gasteiger partial charge < -0.3 is 5.32 Å². The van der Waals surface area contributed by atoms with Gasteiger partial charge in [0.05, 0.1) is 0 Å². The summed E-state index contributed by atoms with van der Waals surface area (Å²) in [6, 6.07) is 10.5. The van der Waals surface area contributed by atoms with Crippen molar-refractivity contribution in [2.45, 2.75) is 94.7 Å². The summed E-state index contributed by atoms with van der Waals surface area (Å²) in [5, 5.41) is 2.92. The minimum atomic E-state index is -5.71. The van der Waals surface area contributed by atoms with E-state index in [2.05, 4.69) is 9.84 Å². The topological polar surface area (TPSA) is 58.6 Å². The molecule has 2 aromatic carbocycles. The van der Waals surface area contributed by atoms with E-state index in [1.165, 1.54) is 18.2 Å². The molecule has 0 aromatic heterocycles. The van der Waals surface area contributed by atoms with E-state index >= 15 is 0 Å². The van der Waals surface area contributed by atoms with Crippen molar-refractivity contribution in [1.29, 1.82) is 0 Å². The van der Waals surface area contributed by atoms with E-state index in [0.717, 1.165) is 56.6 Å². The molecule has 1 aliphatic rings. The second-order valence-corrected chi connectivity index (χ2v) is 11.3. The van der Waals surface area contributed by atoms with Crippen molar-refractivity contribution in [3.8, 4) is 0 Å². The van der Waals surface area contributed by atoms with Crippen LogP contribution in [0.1, 0.15) is 86.5 Å². The Morgan fingerprint density at radius 3 is 2.27 bits per heavy atom. The molecule has 1 atom stereocenters. The molecule has 222 valence electrons. The number of unbranched alkanes of at least 4 members (excludes halogenated alkanes) is 2. The molecule has 1 aliphatic carbocycles. The highest BCUT2D eigenvalue weighted by molar-refractivity contribution is 7.32. The van der Waals surface area contributed by atoms with Crippen molar-refractivity contribution < 1.29 is 40.3 Å². The first-order chi connectivity index (χ1) is 18.9. The molecule has 0 amide bonds. The number of hydrogen-bond acceptors (Lipinski definition) is 3. The molecule has 0 aliphatic heterocycles. The van der Waals surface area contributed by atoms with E-state index in [0.29, 0.717) is 25.8 Å². The number of rotatable bonds is 15. The molecule has 1 saturated carbocycles. The monoisotopic (exact) mass is 592 g/mol. The van der Waals surface area contributed by atoms with E-state index in [-0.39, 0.29) is 41.9 Å². The zero-order valence-corrected chi connectivity index (χ0v) is 23.3. The lowest BCUT2D eigenvalue weighted by molar-refractivity contribution is -0.289. The first kappa shape index (κ1) is 32.5. The Morgan fingerprint density at radius 2 is 1.62 bits per heavy atom. The Hall–Kier alpha value is -2.00. The summed E-state index contributed by atoms with van der Waals surface area (Å²) >= 11 is 0. The van der Waals surface area contributed by atoms with Gasteiger partial charge in [0.15, 0.2) is 0 Å². The largest absolute Gasteiger partial charge is 0.694 e. The van der Waals surface area contributed by atoms with Crippen LogP contribution in [0.2, 0.25) is 0 Å². The SMILES string of the molecule is O=[P+](O)OCCCNCc1ccc(CCCCCC2(c3ccc(F)cc3)CCCCC2)c(C(F)(F)C(F)(F)F)c1. The fourth-order valence-electron chi connectivity index (χ4n) is 5.64. The summed E-state index contributed by atoms with van der Waals surface area (Å²) in [7, 11) is -2.70. The van der Waals surface area contributed by atoms with E-state index < -0.39 is 25.9 Å². The van der Waals surface area contributed by atoms with E-state index in [9.17, 15) is 30.9 Å². The van der Waals surface area contributed by atoms with Gasteiger partial charge in [-0.1, -0.05) is 56.4 Å². The van der Waals surface area contributed by atoms with Gasteiger partial charge in [0.1, 0.15) is 12.4 Å². The number of alkyl halides is 5. The molecule has 0 bridgehead atoms. The summed E-state index contributed by atoms with van der Waals surface area (Å²) in [4.78, 5) is 8.60. The third kappa shape index (κ3) is 9.00. The van der Waals surface area contributed by atoms with Crippen LogP contribution in [-0.4, -0.2) is 24.2 Å². The molecule has 0 saturated heterocycles. The average Bonchev–Trinajstić information content (AvgIpc) is 2.91. The maximum Gasteiger partial charge on any atom is 0.694 e. The summed E-state index contributed by atoms with van der Waals surface area (Å²) in [5.41, 5.74) is 0.320. The molecular weight excluding hydrogens is 555 g/mol. The van der Waals surface area contributed by atoms with E-state index in [1.54, 1.807) is 6.07 Å². The predicted octanol–water partition coefficient (Wildman–Crippen LogP) is 8.63. The lowest BCUT2D eigenvalue weighted by Crippen LogP contribution is -2.35. The average molecular weight is 593 g/mol. The Morgan fingerprint density at radius 1 is 0.925 bits per heavy atom. The summed E-state index contributed by atoms with van der Waals surface area (Å²) in [6.07, 6.45) is 2.94. The van der Waals surface area contributed by atoms with Crippen molar-refractivity contribution in [3.63, 3.8) is 0 Å². The smallest absolute Gasteiger partial charge is 0.313 e. The molecular formula is C29H37F6NO3P+. The molecule has 0 spiro atoms. The lowest BCUT2D eigenvalue weighted by Gasteiger charge is -2.38. The molecule has 1 unspecified atom stereocenters. The lowest BCUT2D eigenvalue weighted by atomic mass is 9.66. The van der Waals surface area contributed by atoms with Crippen LogP contribution in [-0.2, 0) is 33.4 Å². The van der Waals surface area contributed by atoms with Crippen LogP contribution in [0.25, 0.3) is 0 Å². The highest BCUT2D eigenvalue weighted by atomic mass is 31.1. The Balaban J connectivity index is 1.61. The number of hydrogen-bond donors (Lipinski definition) is 2. The normalized spacial score (nSPS) is 16.2. The van der Waals surface area contributed by atoms with Gasteiger partial charge in [-0.25, -0.2) is 4.39 Å². The molecule has 11 heteroatoms. The van der Waals surface area contributed by atoms with Gasteiger partial charge in [0.2, 0.25) is 0 Å². The van der Waals surface area contributed by atoms with E-state index in [4.69, 9.17) is 4.89 Å². The zero-order valence-electron chi connectivity index (χ0n) is 22.4. The molecule has 40 heavy (non-hydrogen) atoms. The number of halogens is 6.